The van der Waals surface area contributed by atoms with Gasteiger partial charge in [-0.05, 0) is 43.2 Å². The molecule has 6 nitrogen and oxygen atoms in total. The lowest BCUT2D eigenvalue weighted by Gasteiger charge is -2.20. The highest BCUT2D eigenvalue weighted by molar-refractivity contribution is 7.89. The molecule has 7 heteroatoms. The van der Waals surface area contributed by atoms with Crippen molar-refractivity contribution in [3.8, 4) is 0 Å². The van der Waals surface area contributed by atoms with Gasteiger partial charge in [-0.25, -0.2) is 13.2 Å². The van der Waals surface area contributed by atoms with E-state index in [-0.39, 0.29) is 17.1 Å². The van der Waals surface area contributed by atoms with E-state index in [2.05, 4.69) is 0 Å². The van der Waals surface area contributed by atoms with Gasteiger partial charge < -0.3 is 9.15 Å². The SMILES string of the molecule is O=C(OCc1ccco1)c1cccc(S(=O)(=O)N2CCCCCC2)c1. The van der Waals surface area contributed by atoms with Crippen molar-refractivity contribution in [3.63, 3.8) is 0 Å². The van der Waals surface area contributed by atoms with Crippen LogP contribution in [0.1, 0.15) is 41.8 Å². The molecular weight excluding hydrogens is 342 g/mol. The summed E-state index contributed by atoms with van der Waals surface area (Å²) in [5.41, 5.74) is 0.211. The monoisotopic (exact) mass is 363 g/mol. The number of benzene rings is 1. The number of carbonyl (C=O) groups is 1. The van der Waals surface area contributed by atoms with Crippen molar-refractivity contribution in [2.24, 2.45) is 0 Å². The molecule has 1 aliphatic rings. The van der Waals surface area contributed by atoms with Gasteiger partial charge in [-0.3, -0.25) is 0 Å². The van der Waals surface area contributed by atoms with E-state index in [1.54, 1.807) is 24.3 Å². The van der Waals surface area contributed by atoms with Gasteiger partial charge >= 0.3 is 5.97 Å². The van der Waals surface area contributed by atoms with Crippen LogP contribution in [-0.2, 0) is 21.4 Å². The topological polar surface area (TPSA) is 76.8 Å². The van der Waals surface area contributed by atoms with Crippen molar-refractivity contribution < 1.29 is 22.4 Å². The number of esters is 1. The van der Waals surface area contributed by atoms with Crippen LogP contribution in [0.2, 0.25) is 0 Å². The lowest BCUT2D eigenvalue weighted by Crippen LogP contribution is -2.32. The number of rotatable bonds is 5. The zero-order chi connectivity index (χ0) is 17.7. The zero-order valence-electron chi connectivity index (χ0n) is 13.9. The number of furan rings is 1. The third kappa shape index (κ3) is 4.29. The highest BCUT2D eigenvalue weighted by Crippen LogP contribution is 2.21. The van der Waals surface area contributed by atoms with Crippen LogP contribution in [0.3, 0.4) is 0 Å². The summed E-state index contributed by atoms with van der Waals surface area (Å²) in [5, 5.41) is 0. The smallest absolute Gasteiger partial charge is 0.338 e. The van der Waals surface area contributed by atoms with Gasteiger partial charge in [-0.2, -0.15) is 4.31 Å². The van der Waals surface area contributed by atoms with Crippen LogP contribution in [0, 0.1) is 0 Å². The van der Waals surface area contributed by atoms with Gasteiger partial charge in [0, 0.05) is 13.1 Å². The maximum Gasteiger partial charge on any atom is 0.338 e. The molecule has 1 saturated heterocycles. The standard InChI is InChI=1S/C18H21NO5S/c20-18(24-14-16-8-6-12-23-16)15-7-5-9-17(13-15)25(21,22)19-10-3-1-2-4-11-19/h5-9,12-13H,1-4,10-11,14H2. The number of nitrogens with zero attached hydrogens (tertiary/aromatic N) is 1. The second kappa shape index (κ2) is 7.84. The highest BCUT2D eigenvalue weighted by Gasteiger charge is 2.26. The Balaban J connectivity index is 1.74. The first kappa shape index (κ1) is 17.7. The van der Waals surface area contributed by atoms with Crippen LogP contribution in [0.25, 0.3) is 0 Å². The second-order valence-corrected chi connectivity index (χ2v) is 7.94. The van der Waals surface area contributed by atoms with E-state index in [4.69, 9.17) is 9.15 Å². The quantitative estimate of drug-likeness (QED) is 0.763. The molecule has 3 rings (SSSR count). The molecule has 0 atom stereocenters. The molecule has 0 aliphatic carbocycles. The van der Waals surface area contributed by atoms with E-state index in [0.29, 0.717) is 18.8 Å². The van der Waals surface area contributed by atoms with Gasteiger partial charge in [0.25, 0.3) is 0 Å². The number of hydrogen-bond donors (Lipinski definition) is 0. The average Bonchev–Trinajstić information content (AvgIpc) is 2.99. The maximum absolute atomic E-state index is 12.8. The normalized spacial score (nSPS) is 16.3. The summed E-state index contributed by atoms with van der Waals surface area (Å²) in [6.45, 7) is 1.06. The average molecular weight is 363 g/mol. The van der Waals surface area contributed by atoms with E-state index < -0.39 is 16.0 Å². The van der Waals surface area contributed by atoms with Crippen LogP contribution in [0.5, 0.6) is 0 Å². The Morgan fingerprint density at radius 2 is 1.84 bits per heavy atom. The van der Waals surface area contributed by atoms with E-state index in [9.17, 15) is 13.2 Å². The lowest BCUT2D eigenvalue weighted by atomic mass is 10.2. The Labute approximate surface area is 147 Å². The minimum absolute atomic E-state index is 0.00887. The zero-order valence-corrected chi connectivity index (χ0v) is 14.7. The van der Waals surface area contributed by atoms with Gasteiger partial charge in [0.2, 0.25) is 10.0 Å². The Hall–Kier alpha value is -2.12. The number of carbonyl (C=O) groups excluding carboxylic acids is 1. The molecule has 1 fully saturated rings. The van der Waals surface area contributed by atoms with Gasteiger partial charge in [0.05, 0.1) is 16.7 Å². The van der Waals surface area contributed by atoms with Crippen LogP contribution >= 0.6 is 0 Å². The fourth-order valence-corrected chi connectivity index (χ4v) is 4.39. The predicted molar refractivity (Wildman–Crippen MR) is 91.5 cm³/mol. The van der Waals surface area contributed by atoms with Gasteiger partial charge in [0.1, 0.15) is 12.4 Å². The third-order valence-electron chi connectivity index (χ3n) is 4.20. The first-order chi connectivity index (χ1) is 12.1. The predicted octanol–water partition coefficient (Wildman–Crippen LogP) is 3.20. The van der Waals surface area contributed by atoms with Gasteiger partial charge in [0.15, 0.2) is 0 Å². The fraction of sp³-hybridized carbons (Fsp3) is 0.389. The molecule has 134 valence electrons. The number of hydrogen-bond acceptors (Lipinski definition) is 5. The summed E-state index contributed by atoms with van der Waals surface area (Å²) in [6.07, 6.45) is 5.32. The largest absolute Gasteiger partial charge is 0.466 e. The molecule has 0 saturated carbocycles. The summed E-state index contributed by atoms with van der Waals surface area (Å²) >= 11 is 0. The fourth-order valence-electron chi connectivity index (χ4n) is 2.83. The van der Waals surface area contributed by atoms with Crippen molar-refractivity contribution in [2.75, 3.05) is 13.1 Å². The Morgan fingerprint density at radius 3 is 2.52 bits per heavy atom. The molecule has 1 aliphatic heterocycles. The Kier molecular flexibility index (Phi) is 5.55. The van der Waals surface area contributed by atoms with Crippen LogP contribution in [-0.4, -0.2) is 31.8 Å². The molecule has 0 bridgehead atoms. The van der Waals surface area contributed by atoms with Crippen molar-refractivity contribution in [1.82, 2.24) is 4.31 Å². The van der Waals surface area contributed by atoms with Crippen LogP contribution in [0.4, 0.5) is 0 Å². The maximum atomic E-state index is 12.8. The van der Waals surface area contributed by atoms with Crippen LogP contribution < -0.4 is 0 Å². The molecule has 2 aromatic rings. The van der Waals surface area contributed by atoms with Gasteiger partial charge in [-0.15, -0.1) is 0 Å². The first-order valence-electron chi connectivity index (χ1n) is 8.37. The summed E-state index contributed by atoms with van der Waals surface area (Å²) in [6, 6.07) is 9.42. The van der Waals surface area contributed by atoms with E-state index in [1.165, 1.54) is 22.7 Å². The summed E-state index contributed by atoms with van der Waals surface area (Å²) in [4.78, 5) is 12.3. The number of sulfonamides is 1. The molecule has 0 spiro atoms. The molecular formula is C18H21NO5S. The number of ether oxygens (including phenoxy) is 1. The van der Waals surface area contributed by atoms with Crippen molar-refractivity contribution >= 4 is 16.0 Å². The summed E-state index contributed by atoms with van der Waals surface area (Å²) in [7, 11) is -3.59. The molecule has 0 amide bonds. The van der Waals surface area contributed by atoms with Crippen LogP contribution in [0.15, 0.2) is 52.0 Å². The van der Waals surface area contributed by atoms with E-state index >= 15 is 0 Å². The first-order valence-corrected chi connectivity index (χ1v) is 9.81. The van der Waals surface area contributed by atoms with E-state index in [0.717, 1.165) is 25.7 Å². The minimum atomic E-state index is -3.59. The molecule has 0 unspecified atom stereocenters. The van der Waals surface area contributed by atoms with Gasteiger partial charge in [-0.1, -0.05) is 18.9 Å². The van der Waals surface area contributed by atoms with E-state index in [1.807, 2.05) is 0 Å². The minimum Gasteiger partial charge on any atom is -0.466 e. The molecule has 0 N–H and O–H groups in total. The summed E-state index contributed by atoms with van der Waals surface area (Å²) in [5.74, 6) is -0.0500. The second-order valence-electron chi connectivity index (χ2n) is 6.00. The molecule has 25 heavy (non-hydrogen) atoms. The Morgan fingerprint density at radius 1 is 1.08 bits per heavy atom. The Bertz CT molecular complexity index is 806. The highest BCUT2D eigenvalue weighted by atomic mass is 32.2. The molecule has 0 radical (unpaired) electrons. The van der Waals surface area contributed by atoms with Crippen molar-refractivity contribution in [1.29, 1.82) is 0 Å². The van der Waals surface area contributed by atoms with Crippen molar-refractivity contribution in [3.05, 3.63) is 54.0 Å². The summed E-state index contributed by atoms with van der Waals surface area (Å²) < 4.78 is 37.4. The molecule has 1 aromatic carbocycles. The third-order valence-corrected chi connectivity index (χ3v) is 6.09. The van der Waals surface area contributed by atoms with Crippen molar-refractivity contribution in [2.45, 2.75) is 37.2 Å². The molecule has 2 heterocycles. The molecule has 1 aromatic heterocycles. The lowest BCUT2D eigenvalue weighted by molar-refractivity contribution is 0.0445.